The predicted molar refractivity (Wildman–Crippen MR) is 158 cm³/mol. The smallest absolute Gasteiger partial charge is 0.303 e. The summed E-state index contributed by atoms with van der Waals surface area (Å²) in [4.78, 5) is 23.3. The van der Waals surface area contributed by atoms with Crippen LogP contribution in [-0.4, -0.2) is 70.7 Å². The molecule has 2 atom stereocenters. The van der Waals surface area contributed by atoms with Gasteiger partial charge in [0.25, 0.3) is 7.82 Å². The Morgan fingerprint density at radius 2 is 1.13 bits per heavy atom. The van der Waals surface area contributed by atoms with Crippen LogP contribution in [0.2, 0.25) is 0 Å². The van der Waals surface area contributed by atoms with Crippen LogP contribution in [0.25, 0.3) is 0 Å². The van der Waals surface area contributed by atoms with Crippen molar-refractivity contribution < 1.29 is 37.3 Å². The van der Waals surface area contributed by atoms with Gasteiger partial charge in [-0.25, -0.2) is 0 Å². The molecule has 0 aliphatic heterocycles. The summed E-state index contributed by atoms with van der Waals surface area (Å²) in [6.07, 6.45) is 23.1. The topological polar surface area (TPSA) is 94.1 Å². The number of quaternary nitrogens is 1. The number of hydrogen-bond acceptors (Lipinski definition) is 7. The first-order valence-electron chi connectivity index (χ1n) is 15.7. The van der Waals surface area contributed by atoms with Crippen molar-refractivity contribution in [1.29, 1.82) is 0 Å². The van der Waals surface area contributed by atoms with Gasteiger partial charge in [0.15, 0.2) is 0 Å². The number of carbonyl (C=O) groups is 1. The van der Waals surface area contributed by atoms with E-state index in [0.29, 0.717) is 17.6 Å². The van der Waals surface area contributed by atoms with Crippen molar-refractivity contribution in [3.63, 3.8) is 0 Å². The van der Waals surface area contributed by atoms with E-state index in [0.717, 1.165) is 12.8 Å². The molecule has 0 saturated carbocycles. The van der Waals surface area contributed by atoms with E-state index in [4.69, 9.17) is 18.5 Å². The molecule has 0 heterocycles. The fourth-order valence-corrected chi connectivity index (χ4v) is 5.04. The Morgan fingerprint density at radius 3 is 1.54 bits per heavy atom. The number of unbranched alkanes of at least 4 members (excludes halogenated alkanes) is 17. The van der Waals surface area contributed by atoms with Crippen LogP contribution in [0.1, 0.15) is 129 Å². The minimum Gasteiger partial charge on any atom is -0.756 e. The van der Waals surface area contributed by atoms with Crippen molar-refractivity contribution in [2.45, 2.75) is 136 Å². The monoisotopic (exact) mass is 579 g/mol. The molecule has 0 aromatic carbocycles. The summed E-state index contributed by atoms with van der Waals surface area (Å²) in [5.74, 6) is -0.507. The lowest BCUT2D eigenvalue weighted by Crippen LogP contribution is -2.37. The highest BCUT2D eigenvalue weighted by molar-refractivity contribution is 7.45. The molecule has 39 heavy (non-hydrogen) atoms. The third-order valence-corrected chi connectivity index (χ3v) is 7.67. The molecular formula is C30H62NO7P. The Morgan fingerprint density at radius 1 is 0.692 bits per heavy atom. The van der Waals surface area contributed by atoms with Crippen LogP contribution in [0.3, 0.4) is 0 Å². The summed E-state index contributed by atoms with van der Waals surface area (Å²) in [5, 5.41) is 0. The Labute approximate surface area is 240 Å². The molecule has 0 saturated heterocycles. The Balaban J connectivity index is 3.65. The molecule has 0 aliphatic rings. The van der Waals surface area contributed by atoms with E-state index in [1.54, 1.807) is 0 Å². The molecule has 1 unspecified atom stereocenters. The van der Waals surface area contributed by atoms with Gasteiger partial charge in [-0.05, 0) is 6.42 Å². The van der Waals surface area contributed by atoms with Crippen LogP contribution >= 0.6 is 7.82 Å². The zero-order valence-corrected chi connectivity index (χ0v) is 27.0. The number of phosphoric acid groups is 1. The molecule has 0 spiro atoms. The first kappa shape index (κ1) is 38.5. The Hall–Kier alpha value is -0.500. The van der Waals surface area contributed by atoms with Gasteiger partial charge in [-0.1, -0.05) is 116 Å². The number of esters is 1. The second-order valence-corrected chi connectivity index (χ2v) is 13.3. The highest BCUT2D eigenvalue weighted by Gasteiger charge is 2.19. The van der Waals surface area contributed by atoms with Gasteiger partial charge in [0.05, 0.1) is 34.4 Å². The van der Waals surface area contributed by atoms with E-state index in [1.807, 2.05) is 21.1 Å². The van der Waals surface area contributed by atoms with Crippen LogP contribution in [-0.2, 0) is 27.9 Å². The fourth-order valence-electron chi connectivity index (χ4n) is 4.31. The molecule has 234 valence electrons. The first-order chi connectivity index (χ1) is 18.6. The third kappa shape index (κ3) is 30.3. The first-order valence-corrected chi connectivity index (χ1v) is 17.2. The van der Waals surface area contributed by atoms with Gasteiger partial charge in [0.1, 0.15) is 19.3 Å². The second kappa shape index (κ2) is 25.2. The highest BCUT2D eigenvalue weighted by Crippen LogP contribution is 2.38. The number of ether oxygens (including phenoxy) is 2. The molecule has 0 bridgehead atoms. The minimum absolute atomic E-state index is 0.0262. The molecule has 0 amide bonds. The van der Waals surface area contributed by atoms with E-state index in [9.17, 15) is 14.3 Å². The summed E-state index contributed by atoms with van der Waals surface area (Å²) in [6.45, 7) is 4.42. The van der Waals surface area contributed by atoms with Gasteiger partial charge in [-0.15, -0.1) is 0 Å². The summed E-state index contributed by atoms with van der Waals surface area (Å²) >= 11 is 0. The van der Waals surface area contributed by atoms with Crippen LogP contribution in [0, 0.1) is 0 Å². The summed E-state index contributed by atoms with van der Waals surface area (Å²) < 4.78 is 33.1. The van der Waals surface area contributed by atoms with Crippen molar-refractivity contribution in [3.8, 4) is 0 Å². The molecule has 0 N–H and O–H groups in total. The molecule has 0 fully saturated rings. The third-order valence-electron chi connectivity index (χ3n) is 6.71. The van der Waals surface area contributed by atoms with E-state index in [1.165, 1.54) is 110 Å². The van der Waals surface area contributed by atoms with E-state index < -0.39 is 19.9 Å². The summed E-state index contributed by atoms with van der Waals surface area (Å²) in [7, 11) is 1.35. The quantitative estimate of drug-likeness (QED) is 0.0401. The summed E-state index contributed by atoms with van der Waals surface area (Å²) in [5.41, 5.74) is 0. The van der Waals surface area contributed by atoms with Crippen LogP contribution in [0.4, 0.5) is 0 Å². The van der Waals surface area contributed by atoms with Crippen molar-refractivity contribution in [1.82, 2.24) is 0 Å². The van der Waals surface area contributed by atoms with Gasteiger partial charge in [-0.3, -0.25) is 9.36 Å². The number of nitrogens with zero attached hydrogens (tertiary/aromatic N) is 1. The SMILES string of the molecule is CCCCCCCCCCCCCCCCCCCCOC[C@H](COP(=O)([O-])OCC[N+](C)(C)C)OC(C)=O. The molecule has 9 heteroatoms. The van der Waals surface area contributed by atoms with Gasteiger partial charge in [0, 0.05) is 13.5 Å². The number of rotatable bonds is 29. The maximum atomic E-state index is 12.0. The zero-order chi connectivity index (χ0) is 29.2. The number of likely N-dealkylation sites (N-methyl/N-ethyl adjacent to an activating group) is 1. The molecular weight excluding hydrogens is 517 g/mol. The molecule has 0 aliphatic carbocycles. The number of hydrogen-bond donors (Lipinski definition) is 0. The second-order valence-electron chi connectivity index (χ2n) is 11.9. The van der Waals surface area contributed by atoms with Crippen LogP contribution in [0.5, 0.6) is 0 Å². The van der Waals surface area contributed by atoms with Crippen LogP contribution in [0.15, 0.2) is 0 Å². The van der Waals surface area contributed by atoms with Gasteiger partial charge >= 0.3 is 5.97 Å². The van der Waals surface area contributed by atoms with E-state index in [2.05, 4.69) is 6.92 Å². The average molecular weight is 580 g/mol. The maximum Gasteiger partial charge on any atom is 0.303 e. The van der Waals surface area contributed by atoms with E-state index >= 15 is 0 Å². The van der Waals surface area contributed by atoms with Crippen molar-refractivity contribution in [2.24, 2.45) is 0 Å². The minimum atomic E-state index is -4.46. The lowest BCUT2D eigenvalue weighted by atomic mass is 10.0. The molecule has 0 radical (unpaired) electrons. The molecule has 8 nitrogen and oxygen atoms in total. The van der Waals surface area contributed by atoms with Crippen LogP contribution < -0.4 is 4.89 Å². The normalized spacial score (nSPS) is 14.3. The lowest BCUT2D eigenvalue weighted by molar-refractivity contribution is -0.870. The molecule has 0 rings (SSSR count). The number of carbonyl (C=O) groups excluding carboxylic acids is 1. The zero-order valence-electron chi connectivity index (χ0n) is 26.1. The average Bonchev–Trinajstić information content (AvgIpc) is 2.84. The van der Waals surface area contributed by atoms with Crippen molar-refractivity contribution >= 4 is 13.8 Å². The molecule has 0 aromatic rings. The van der Waals surface area contributed by atoms with Gasteiger partial charge in [-0.2, -0.15) is 0 Å². The van der Waals surface area contributed by atoms with Gasteiger partial charge < -0.3 is 27.9 Å². The lowest BCUT2D eigenvalue weighted by Gasteiger charge is -2.28. The highest BCUT2D eigenvalue weighted by atomic mass is 31.2. The standard InChI is InChI=1S/C30H62NO7P/c1-6-7-8-9-10-11-12-13-14-15-16-17-18-19-20-21-22-23-25-35-27-30(38-29(2)32)28-37-39(33,34)36-26-24-31(3,4)5/h30H,6-28H2,1-5H3/t30-/m1/s1. The number of phosphoric ester groups is 1. The predicted octanol–water partition coefficient (Wildman–Crippen LogP) is 7.18. The van der Waals surface area contributed by atoms with Crippen molar-refractivity contribution in [2.75, 3.05) is 54.1 Å². The Kier molecular flexibility index (Phi) is 24.9. The summed E-state index contributed by atoms with van der Waals surface area (Å²) in [6, 6.07) is 0. The Bertz CT molecular complexity index is 613. The maximum absolute atomic E-state index is 12.0. The van der Waals surface area contributed by atoms with Gasteiger partial charge in [0.2, 0.25) is 0 Å². The largest absolute Gasteiger partial charge is 0.756 e. The molecule has 0 aromatic heterocycles. The fraction of sp³-hybridized carbons (Fsp3) is 0.967. The van der Waals surface area contributed by atoms with Crippen molar-refractivity contribution in [3.05, 3.63) is 0 Å². The van der Waals surface area contributed by atoms with E-state index in [-0.39, 0.29) is 19.8 Å².